The first-order valence-corrected chi connectivity index (χ1v) is 6.28. The number of rotatable bonds is 2. The van der Waals surface area contributed by atoms with E-state index in [9.17, 15) is 0 Å². The highest BCUT2D eigenvalue weighted by Gasteiger charge is 2.05. The van der Waals surface area contributed by atoms with Crippen molar-refractivity contribution in [2.75, 3.05) is 0 Å². The van der Waals surface area contributed by atoms with Gasteiger partial charge in [0, 0.05) is 11.1 Å². The lowest BCUT2D eigenvalue weighted by Crippen LogP contribution is -1.90. The third-order valence-corrected chi connectivity index (χ3v) is 3.16. The molecule has 0 saturated heterocycles. The summed E-state index contributed by atoms with van der Waals surface area (Å²) in [4.78, 5) is 8.74. The monoisotopic (exact) mass is 246 g/mol. The first-order chi connectivity index (χ1) is 9.34. The van der Waals surface area contributed by atoms with Crippen LogP contribution in [-0.4, -0.2) is 9.97 Å². The Labute approximate surface area is 112 Å². The van der Waals surface area contributed by atoms with E-state index in [1.165, 1.54) is 5.56 Å². The Hall–Kier alpha value is -2.48. The van der Waals surface area contributed by atoms with Crippen LogP contribution >= 0.6 is 0 Å². The van der Waals surface area contributed by atoms with Crippen LogP contribution in [0.4, 0.5) is 0 Å². The third-order valence-electron chi connectivity index (χ3n) is 3.16. The SMILES string of the molecule is Cc1ccccc1-c1cc(-c2ccccc2)ncn1. The molecule has 3 rings (SSSR count). The van der Waals surface area contributed by atoms with Crippen LogP contribution in [0.5, 0.6) is 0 Å². The van der Waals surface area contributed by atoms with Crippen LogP contribution in [0.1, 0.15) is 5.56 Å². The van der Waals surface area contributed by atoms with E-state index in [1.807, 2.05) is 36.4 Å². The molecule has 0 aliphatic heterocycles. The van der Waals surface area contributed by atoms with Crippen LogP contribution in [0.25, 0.3) is 22.5 Å². The highest BCUT2D eigenvalue weighted by molar-refractivity contribution is 5.69. The van der Waals surface area contributed by atoms with E-state index in [-0.39, 0.29) is 0 Å². The normalized spacial score (nSPS) is 10.4. The standard InChI is InChI=1S/C17H14N2/c1-13-7-5-6-10-15(13)17-11-16(18-12-19-17)14-8-3-2-4-9-14/h2-12H,1H3. The summed E-state index contributed by atoms with van der Waals surface area (Å²) in [5.41, 5.74) is 5.41. The van der Waals surface area contributed by atoms with Crippen LogP contribution in [0.15, 0.2) is 67.0 Å². The molecular weight excluding hydrogens is 232 g/mol. The van der Waals surface area contributed by atoms with E-state index >= 15 is 0 Å². The van der Waals surface area contributed by atoms with Gasteiger partial charge >= 0.3 is 0 Å². The molecule has 3 aromatic rings. The fourth-order valence-electron chi connectivity index (χ4n) is 2.13. The first-order valence-electron chi connectivity index (χ1n) is 6.28. The van der Waals surface area contributed by atoms with Gasteiger partial charge in [-0.3, -0.25) is 0 Å². The van der Waals surface area contributed by atoms with Gasteiger partial charge in [-0.1, -0.05) is 54.6 Å². The van der Waals surface area contributed by atoms with E-state index in [4.69, 9.17) is 0 Å². The molecule has 0 radical (unpaired) electrons. The molecule has 0 aliphatic carbocycles. The minimum Gasteiger partial charge on any atom is -0.236 e. The second-order valence-electron chi connectivity index (χ2n) is 4.47. The lowest BCUT2D eigenvalue weighted by molar-refractivity contribution is 1.17. The molecule has 0 unspecified atom stereocenters. The van der Waals surface area contributed by atoms with Crippen LogP contribution in [0.2, 0.25) is 0 Å². The Morgan fingerprint density at radius 1 is 0.737 bits per heavy atom. The molecule has 1 heterocycles. The van der Waals surface area contributed by atoms with E-state index in [2.05, 4.69) is 41.2 Å². The average Bonchev–Trinajstić information content (AvgIpc) is 2.49. The maximum absolute atomic E-state index is 4.38. The molecule has 0 aliphatic rings. The summed E-state index contributed by atoms with van der Waals surface area (Å²) >= 11 is 0. The van der Waals surface area contributed by atoms with Crippen molar-refractivity contribution in [2.24, 2.45) is 0 Å². The minimum absolute atomic E-state index is 0.953. The summed E-state index contributed by atoms with van der Waals surface area (Å²) in [7, 11) is 0. The summed E-state index contributed by atoms with van der Waals surface area (Å²) in [6, 6.07) is 20.5. The molecule has 2 aromatic carbocycles. The van der Waals surface area contributed by atoms with Gasteiger partial charge < -0.3 is 0 Å². The quantitative estimate of drug-likeness (QED) is 0.679. The number of nitrogens with zero attached hydrogens (tertiary/aromatic N) is 2. The molecule has 0 spiro atoms. The Balaban J connectivity index is 2.09. The maximum atomic E-state index is 4.38. The van der Waals surface area contributed by atoms with Gasteiger partial charge in [0.25, 0.3) is 0 Å². The minimum atomic E-state index is 0.953. The van der Waals surface area contributed by atoms with Crippen molar-refractivity contribution in [3.8, 4) is 22.5 Å². The topological polar surface area (TPSA) is 25.8 Å². The number of aromatic nitrogens is 2. The fraction of sp³-hybridized carbons (Fsp3) is 0.0588. The van der Waals surface area contributed by atoms with Crippen molar-refractivity contribution in [1.82, 2.24) is 9.97 Å². The molecule has 19 heavy (non-hydrogen) atoms. The van der Waals surface area contributed by atoms with Crippen LogP contribution in [0, 0.1) is 6.92 Å². The largest absolute Gasteiger partial charge is 0.236 e. The van der Waals surface area contributed by atoms with Crippen molar-refractivity contribution in [3.63, 3.8) is 0 Å². The number of benzene rings is 2. The highest BCUT2D eigenvalue weighted by Crippen LogP contribution is 2.24. The van der Waals surface area contributed by atoms with Gasteiger partial charge in [0.05, 0.1) is 11.4 Å². The van der Waals surface area contributed by atoms with Gasteiger partial charge in [-0.25, -0.2) is 9.97 Å². The van der Waals surface area contributed by atoms with E-state index in [0.717, 1.165) is 22.5 Å². The summed E-state index contributed by atoms with van der Waals surface area (Å²) in [6.07, 6.45) is 1.63. The number of hydrogen-bond acceptors (Lipinski definition) is 2. The molecular formula is C17H14N2. The lowest BCUT2D eigenvalue weighted by Gasteiger charge is -2.06. The molecule has 0 bridgehead atoms. The van der Waals surface area contributed by atoms with Gasteiger partial charge in [0.1, 0.15) is 6.33 Å². The van der Waals surface area contributed by atoms with Gasteiger partial charge in [-0.15, -0.1) is 0 Å². The predicted molar refractivity (Wildman–Crippen MR) is 77.6 cm³/mol. The highest BCUT2D eigenvalue weighted by atomic mass is 14.8. The van der Waals surface area contributed by atoms with E-state index < -0.39 is 0 Å². The van der Waals surface area contributed by atoms with Gasteiger partial charge in [0.15, 0.2) is 0 Å². The maximum Gasteiger partial charge on any atom is 0.116 e. The summed E-state index contributed by atoms with van der Waals surface area (Å²) in [5.74, 6) is 0. The Bertz CT molecular complexity index is 690. The van der Waals surface area contributed by atoms with Crippen molar-refractivity contribution in [3.05, 3.63) is 72.6 Å². The second kappa shape index (κ2) is 5.02. The average molecular weight is 246 g/mol. The summed E-state index contributed by atoms with van der Waals surface area (Å²) in [5, 5.41) is 0. The summed E-state index contributed by atoms with van der Waals surface area (Å²) < 4.78 is 0. The lowest BCUT2D eigenvalue weighted by atomic mass is 10.0. The molecule has 0 amide bonds. The van der Waals surface area contributed by atoms with Crippen molar-refractivity contribution >= 4 is 0 Å². The van der Waals surface area contributed by atoms with Crippen molar-refractivity contribution < 1.29 is 0 Å². The zero-order chi connectivity index (χ0) is 13.1. The summed E-state index contributed by atoms with van der Waals surface area (Å²) in [6.45, 7) is 2.10. The van der Waals surface area contributed by atoms with Crippen LogP contribution < -0.4 is 0 Å². The molecule has 1 aromatic heterocycles. The van der Waals surface area contributed by atoms with Crippen LogP contribution in [-0.2, 0) is 0 Å². The zero-order valence-corrected chi connectivity index (χ0v) is 10.7. The van der Waals surface area contributed by atoms with E-state index in [1.54, 1.807) is 6.33 Å². The smallest absolute Gasteiger partial charge is 0.116 e. The van der Waals surface area contributed by atoms with Gasteiger partial charge in [-0.05, 0) is 18.6 Å². The third kappa shape index (κ3) is 2.38. The van der Waals surface area contributed by atoms with Gasteiger partial charge in [0.2, 0.25) is 0 Å². The second-order valence-corrected chi connectivity index (χ2v) is 4.47. The Morgan fingerprint density at radius 3 is 2.21 bits per heavy atom. The Morgan fingerprint density at radius 2 is 1.42 bits per heavy atom. The number of aryl methyl sites for hydroxylation is 1. The van der Waals surface area contributed by atoms with Crippen LogP contribution in [0.3, 0.4) is 0 Å². The molecule has 0 fully saturated rings. The molecule has 0 saturated carbocycles. The zero-order valence-electron chi connectivity index (χ0n) is 10.7. The van der Waals surface area contributed by atoms with Gasteiger partial charge in [-0.2, -0.15) is 0 Å². The Kier molecular flexibility index (Phi) is 3.07. The predicted octanol–water partition coefficient (Wildman–Crippen LogP) is 4.12. The molecule has 2 nitrogen and oxygen atoms in total. The molecule has 0 atom stereocenters. The number of hydrogen-bond donors (Lipinski definition) is 0. The molecule has 92 valence electrons. The fourth-order valence-corrected chi connectivity index (χ4v) is 2.13. The molecule has 0 N–H and O–H groups in total. The van der Waals surface area contributed by atoms with Crippen molar-refractivity contribution in [2.45, 2.75) is 6.92 Å². The van der Waals surface area contributed by atoms with Crippen molar-refractivity contribution in [1.29, 1.82) is 0 Å². The first kappa shape index (κ1) is 11.6. The molecule has 2 heteroatoms. The van der Waals surface area contributed by atoms with E-state index in [0.29, 0.717) is 0 Å².